The summed E-state index contributed by atoms with van der Waals surface area (Å²) in [4.78, 5) is 0. The normalized spacial score (nSPS) is 16.2. The number of hydrogen-bond acceptors (Lipinski definition) is 1. The van der Waals surface area contributed by atoms with Crippen LogP contribution in [-0.2, 0) is 11.8 Å². The van der Waals surface area contributed by atoms with Crippen LogP contribution in [-0.4, -0.2) is 11.5 Å². The minimum Gasteiger partial charge on any atom is -0.379 e. The van der Waals surface area contributed by atoms with Gasteiger partial charge in [0.05, 0.1) is 5.56 Å². The summed E-state index contributed by atoms with van der Waals surface area (Å²) in [6, 6.07) is 3.29. The van der Waals surface area contributed by atoms with Crippen LogP contribution in [0.15, 0.2) is 24.3 Å². The van der Waals surface area contributed by atoms with Crippen molar-refractivity contribution in [3.05, 3.63) is 35.4 Å². The van der Waals surface area contributed by atoms with Crippen molar-refractivity contribution in [3.8, 4) is 0 Å². The van der Waals surface area contributed by atoms with Gasteiger partial charge < -0.3 is 5.11 Å². The Hall–Kier alpha value is -1.17. The molecule has 1 rings (SSSR count). The molecule has 1 aromatic rings. The summed E-state index contributed by atoms with van der Waals surface area (Å²) in [5.74, 6) is 0. The molecule has 1 nitrogen and oxygen atoms in total. The van der Waals surface area contributed by atoms with Crippen LogP contribution >= 0.6 is 0 Å². The van der Waals surface area contributed by atoms with Gasteiger partial charge in [0.15, 0.2) is 0 Å². The van der Waals surface area contributed by atoms with Crippen molar-refractivity contribution in [2.24, 2.45) is 0 Å². The zero-order valence-electron chi connectivity index (χ0n) is 8.22. The van der Waals surface area contributed by atoms with Crippen LogP contribution in [0.4, 0.5) is 22.0 Å². The maximum Gasteiger partial charge on any atom is 0.416 e. The smallest absolute Gasteiger partial charge is 0.379 e. The average Bonchev–Trinajstić information content (AvgIpc) is 2.16. The topological polar surface area (TPSA) is 20.2 Å². The molecule has 0 spiro atoms. The van der Waals surface area contributed by atoms with Crippen molar-refractivity contribution < 1.29 is 27.1 Å². The fourth-order valence-electron chi connectivity index (χ4n) is 1.14. The van der Waals surface area contributed by atoms with Gasteiger partial charge in [-0.05, 0) is 24.6 Å². The largest absolute Gasteiger partial charge is 0.416 e. The van der Waals surface area contributed by atoms with Crippen molar-refractivity contribution >= 4 is 0 Å². The highest BCUT2D eigenvalue weighted by Gasteiger charge is 2.37. The fraction of sp³-hybridized carbons (Fsp3) is 0.400. The Morgan fingerprint density at radius 1 is 1.12 bits per heavy atom. The van der Waals surface area contributed by atoms with Gasteiger partial charge in [-0.2, -0.15) is 13.2 Å². The van der Waals surface area contributed by atoms with E-state index in [4.69, 9.17) is 0 Å². The van der Waals surface area contributed by atoms with Gasteiger partial charge in [0.1, 0.15) is 5.60 Å². The molecule has 0 aliphatic carbocycles. The lowest BCUT2D eigenvalue weighted by molar-refractivity contribution is -0.138. The summed E-state index contributed by atoms with van der Waals surface area (Å²) in [5, 5.41) is 9.34. The fourth-order valence-corrected chi connectivity index (χ4v) is 1.14. The van der Waals surface area contributed by atoms with E-state index in [9.17, 15) is 27.1 Å². The van der Waals surface area contributed by atoms with E-state index in [-0.39, 0.29) is 0 Å². The molecule has 0 radical (unpaired) electrons. The second-order valence-electron chi connectivity index (χ2n) is 3.53. The third-order valence-electron chi connectivity index (χ3n) is 2.20. The molecule has 0 bridgehead atoms. The van der Waals surface area contributed by atoms with Crippen molar-refractivity contribution in [2.75, 3.05) is 0 Å². The van der Waals surface area contributed by atoms with Gasteiger partial charge >= 0.3 is 6.18 Å². The molecule has 6 heteroatoms. The highest BCUT2D eigenvalue weighted by molar-refractivity contribution is 5.29. The first-order valence-corrected chi connectivity index (χ1v) is 4.34. The Labute approximate surface area is 88.5 Å². The second kappa shape index (κ2) is 4.01. The number of hydrogen-bond donors (Lipinski definition) is 1. The Bertz CT molecular complexity index is 370. The standard InChI is InChI=1S/C10H9F5O/c1-9(16,8(11)12)6-3-2-4-7(5-6)10(13,14)15/h2-5,8,16H,1H3. The van der Waals surface area contributed by atoms with Gasteiger partial charge in [0.25, 0.3) is 6.43 Å². The van der Waals surface area contributed by atoms with Crippen LogP contribution in [0.2, 0.25) is 0 Å². The number of alkyl halides is 5. The first kappa shape index (κ1) is 12.9. The van der Waals surface area contributed by atoms with Crippen molar-refractivity contribution in [1.82, 2.24) is 0 Å². The molecule has 0 heterocycles. The Morgan fingerprint density at radius 2 is 1.62 bits per heavy atom. The molecule has 16 heavy (non-hydrogen) atoms. The van der Waals surface area contributed by atoms with Crippen LogP contribution in [0.5, 0.6) is 0 Å². The highest BCUT2D eigenvalue weighted by atomic mass is 19.4. The molecule has 0 aliphatic heterocycles. The quantitative estimate of drug-likeness (QED) is 0.787. The molecule has 0 aromatic heterocycles. The van der Waals surface area contributed by atoms with E-state index >= 15 is 0 Å². The molecular formula is C10H9F5O. The van der Waals surface area contributed by atoms with Gasteiger partial charge in [-0.25, -0.2) is 8.78 Å². The zero-order valence-corrected chi connectivity index (χ0v) is 8.22. The molecule has 90 valence electrons. The van der Waals surface area contributed by atoms with E-state index in [1.54, 1.807) is 0 Å². The SMILES string of the molecule is CC(O)(c1cccc(C(F)(F)F)c1)C(F)F. The highest BCUT2D eigenvalue weighted by Crippen LogP contribution is 2.34. The molecular weight excluding hydrogens is 231 g/mol. The summed E-state index contributed by atoms with van der Waals surface area (Å²) in [6.45, 7) is 0.771. The molecule has 1 N–H and O–H groups in total. The molecule has 0 aliphatic rings. The van der Waals surface area contributed by atoms with Gasteiger partial charge in [0, 0.05) is 0 Å². The first-order valence-electron chi connectivity index (χ1n) is 4.34. The van der Waals surface area contributed by atoms with Gasteiger partial charge in [-0.3, -0.25) is 0 Å². The summed E-state index contributed by atoms with van der Waals surface area (Å²) < 4.78 is 61.7. The van der Waals surface area contributed by atoms with Crippen molar-refractivity contribution in [1.29, 1.82) is 0 Å². The van der Waals surface area contributed by atoms with Crippen LogP contribution in [0.1, 0.15) is 18.1 Å². The molecule has 1 aromatic carbocycles. The lowest BCUT2D eigenvalue weighted by atomic mass is 9.95. The predicted octanol–water partition coefficient (Wildman–Crippen LogP) is 3.18. The van der Waals surface area contributed by atoms with Crippen LogP contribution in [0.3, 0.4) is 0 Å². The summed E-state index contributed by atoms with van der Waals surface area (Å²) in [7, 11) is 0. The van der Waals surface area contributed by atoms with E-state index in [2.05, 4.69) is 0 Å². The molecule has 1 unspecified atom stereocenters. The number of aliphatic hydroxyl groups is 1. The molecule has 0 fully saturated rings. The third-order valence-corrected chi connectivity index (χ3v) is 2.20. The Kier molecular flexibility index (Phi) is 3.23. The first-order chi connectivity index (χ1) is 7.15. The summed E-state index contributed by atoms with van der Waals surface area (Å²) in [6.07, 6.45) is -7.77. The average molecular weight is 240 g/mol. The van der Waals surface area contributed by atoms with Crippen LogP contribution in [0, 0.1) is 0 Å². The van der Waals surface area contributed by atoms with Gasteiger partial charge in [0.2, 0.25) is 0 Å². The van der Waals surface area contributed by atoms with E-state index < -0.39 is 29.3 Å². The molecule has 0 saturated carbocycles. The lowest BCUT2D eigenvalue weighted by Gasteiger charge is -2.23. The van der Waals surface area contributed by atoms with E-state index in [0.29, 0.717) is 6.07 Å². The van der Waals surface area contributed by atoms with Crippen molar-refractivity contribution in [2.45, 2.75) is 25.1 Å². The number of halogens is 5. The van der Waals surface area contributed by atoms with Gasteiger partial charge in [-0.1, -0.05) is 12.1 Å². The maximum absolute atomic E-state index is 12.4. The lowest BCUT2D eigenvalue weighted by Crippen LogP contribution is -2.30. The zero-order chi connectivity index (χ0) is 12.6. The van der Waals surface area contributed by atoms with Crippen LogP contribution < -0.4 is 0 Å². The number of rotatable bonds is 2. The van der Waals surface area contributed by atoms with E-state index in [1.165, 1.54) is 0 Å². The minimum absolute atomic E-state index is 0.461. The minimum atomic E-state index is -4.62. The number of benzene rings is 1. The van der Waals surface area contributed by atoms with Crippen LogP contribution in [0.25, 0.3) is 0 Å². The van der Waals surface area contributed by atoms with Gasteiger partial charge in [-0.15, -0.1) is 0 Å². The molecule has 0 saturated heterocycles. The van der Waals surface area contributed by atoms with Crippen molar-refractivity contribution in [3.63, 3.8) is 0 Å². The monoisotopic (exact) mass is 240 g/mol. The summed E-state index contributed by atoms with van der Waals surface area (Å²) >= 11 is 0. The van der Waals surface area contributed by atoms with E-state index in [1.807, 2.05) is 0 Å². The maximum atomic E-state index is 12.4. The van der Waals surface area contributed by atoms with E-state index in [0.717, 1.165) is 25.1 Å². The molecule has 0 amide bonds. The molecule has 1 atom stereocenters. The second-order valence-corrected chi connectivity index (χ2v) is 3.53. The summed E-state index contributed by atoms with van der Waals surface area (Å²) in [5.41, 5.74) is -4.11. The predicted molar refractivity (Wildman–Crippen MR) is 47.0 cm³/mol. The Morgan fingerprint density at radius 3 is 2.06 bits per heavy atom. The third kappa shape index (κ3) is 2.49. The Balaban J connectivity index is 3.18.